The highest BCUT2D eigenvalue weighted by molar-refractivity contribution is 7.89. The van der Waals surface area contributed by atoms with Gasteiger partial charge in [0.15, 0.2) is 11.6 Å². The molecule has 0 aromatic heterocycles. The number of para-hydroxylation sites is 1. The zero-order valence-corrected chi connectivity index (χ0v) is 10.0. The van der Waals surface area contributed by atoms with Gasteiger partial charge in [0, 0.05) is 12.1 Å². The van der Waals surface area contributed by atoms with Crippen LogP contribution >= 0.6 is 0 Å². The van der Waals surface area contributed by atoms with E-state index in [9.17, 15) is 17.9 Å². The Labute approximate surface area is 99.5 Å². The van der Waals surface area contributed by atoms with Gasteiger partial charge >= 0.3 is 0 Å². The van der Waals surface area contributed by atoms with Crippen molar-refractivity contribution in [3.63, 3.8) is 0 Å². The largest absolute Gasteiger partial charge is 0.505 e. The molecule has 0 radical (unpaired) electrons. The van der Waals surface area contributed by atoms with Crippen molar-refractivity contribution in [3.8, 4) is 5.75 Å². The second-order valence-electron chi connectivity index (χ2n) is 3.64. The third kappa shape index (κ3) is 5.12. The molecular weight excluding hydrogens is 247 g/mol. The van der Waals surface area contributed by atoms with Gasteiger partial charge in [-0.2, -0.15) is 0 Å². The lowest BCUT2D eigenvalue weighted by atomic mass is 10.2. The first kappa shape index (κ1) is 13.9. The molecule has 0 heterocycles. The molecular formula is C10H15FN2O3S. The van der Waals surface area contributed by atoms with Gasteiger partial charge in [0.05, 0.1) is 5.75 Å². The number of phenolic OH excluding ortho intramolecular Hbond substituents is 1. The summed E-state index contributed by atoms with van der Waals surface area (Å²) in [5, 5.41) is 17.1. The van der Waals surface area contributed by atoms with Crippen LogP contribution in [-0.2, 0) is 16.6 Å². The predicted octanol–water partition coefficient (Wildman–Crippen LogP) is 0.300. The summed E-state index contributed by atoms with van der Waals surface area (Å²) in [6.07, 6.45) is 0.370. The van der Waals surface area contributed by atoms with Crippen LogP contribution in [0.25, 0.3) is 0 Å². The highest BCUT2D eigenvalue weighted by Crippen LogP contribution is 2.20. The minimum Gasteiger partial charge on any atom is -0.505 e. The Morgan fingerprint density at radius 2 is 2.12 bits per heavy atom. The second-order valence-corrected chi connectivity index (χ2v) is 5.38. The molecule has 1 rings (SSSR count). The number of hydrogen-bond acceptors (Lipinski definition) is 4. The van der Waals surface area contributed by atoms with Crippen molar-refractivity contribution in [1.82, 2.24) is 5.32 Å². The summed E-state index contributed by atoms with van der Waals surface area (Å²) in [4.78, 5) is 0. The number of benzene rings is 1. The number of primary sulfonamides is 1. The van der Waals surface area contributed by atoms with Crippen LogP contribution in [0.3, 0.4) is 0 Å². The summed E-state index contributed by atoms with van der Waals surface area (Å²) >= 11 is 0. The summed E-state index contributed by atoms with van der Waals surface area (Å²) in [7, 11) is -3.43. The summed E-state index contributed by atoms with van der Waals surface area (Å²) in [6, 6.07) is 4.25. The minimum absolute atomic E-state index is 0.102. The van der Waals surface area contributed by atoms with Crippen LogP contribution in [-0.4, -0.2) is 25.8 Å². The summed E-state index contributed by atoms with van der Waals surface area (Å²) in [5.41, 5.74) is 0.431. The highest BCUT2D eigenvalue weighted by atomic mass is 32.2. The van der Waals surface area contributed by atoms with E-state index in [0.717, 1.165) is 0 Å². The fraction of sp³-hybridized carbons (Fsp3) is 0.400. The monoisotopic (exact) mass is 262 g/mol. The van der Waals surface area contributed by atoms with E-state index in [1.165, 1.54) is 12.1 Å². The molecule has 0 atom stereocenters. The smallest absolute Gasteiger partial charge is 0.209 e. The number of nitrogens with one attached hydrogen (secondary N) is 1. The van der Waals surface area contributed by atoms with Gasteiger partial charge in [-0.05, 0) is 19.0 Å². The van der Waals surface area contributed by atoms with Gasteiger partial charge in [-0.25, -0.2) is 17.9 Å². The lowest BCUT2D eigenvalue weighted by Crippen LogP contribution is -2.22. The van der Waals surface area contributed by atoms with Gasteiger partial charge in [-0.15, -0.1) is 0 Å². The molecule has 0 aliphatic carbocycles. The van der Waals surface area contributed by atoms with Crippen molar-refractivity contribution in [2.45, 2.75) is 13.0 Å². The van der Waals surface area contributed by atoms with Gasteiger partial charge in [0.25, 0.3) is 0 Å². The van der Waals surface area contributed by atoms with Gasteiger partial charge in [-0.3, -0.25) is 0 Å². The molecule has 1 aromatic rings. The number of halogens is 1. The first-order valence-electron chi connectivity index (χ1n) is 5.07. The van der Waals surface area contributed by atoms with E-state index in [-0.39, 0.29) is 18.0 Å². The third-order valence-electron chi connectivity index (χ3n) is 2.17. The minimum atomic E-state index is -3.43. The average molecular weight is 262 g/mol. The first-order chi connectivity index (χ1) is 7.90. The molecule has 96 valence electrons. The molecule has 0 unspecified atom stereocenters. The highest BCUT2D eigenvalue weighted by Gasteiger charge is 2.06. The van der Waals surface area contributed by atoms with E-state index in [1.807, 2.05) is 0 Å². The molecule has 7 heteroatoms. The molecule has 0 bridgehead atoms. The zero-order valence-electron chi connectivity index (χ0n) is 9.19. The maximum absolute atomic E-state index is 12.9. The molecule has 0 aliphatic heterocycles. The molecule has 0 spiro atoms. The number of aromatic hydroxyl groups is 1. The number of sulfonamides is 1. The fourth-order valence-electron chi connectivity index (χ4n) is 1.32. The molecule has 0 aliphatic rings. The number of nitrogens with two attached hydrogens (primary N) is 1. The summed E-state index contributed by atoms with van der Waals surface area (Å²) in [5.74, 6) is -1.16. The number of phenols is 1. The Morgan fingerprint density at radius 1 is 1.41 bits per heavy atom. The SMILES string of the molecule is NS(=O)(=O)CCCNCc1cccc(F)c1O. The lowest BCUT2D eigenvalue weighted by molar-refractivity contribution is 0.423. The predicted molar refractivity (Wildman–Crippen MR) is 62.4 cm³/mol. The molecule has 4 N–H and O–H groups in total. The van der Waals surface area contributed by atoms with Gasteiger partial charge in [0.2, 0.25) is 10.0 Å². The van der Waals surface area contributed by atoms with Crippen molar-refractivity contribution >= 4 is 10.0 Å². The quantitative estimate of drug-likeness (QED) is 0.643. The van der Waals surface area contributed by atoms with Gasteiger partial charge in [0.1, 0.15) is 0 Å². The Hall–Kier alpha value is -1.18. The Balaban J connectivity index is 2.34. The number of hydrogen-bond donors (Lipinski definition) is 3. The lowest BCUT2D eigenvalue weighted by Gasteiger charge is -2.06. The molecule has 0 saturated heterocycles. The number of rotatable bonds is 6. The third-order valence-corrected chi connectivity index (χ3v) is 3.03. The van der Waals surface area contributed by atoms with Crippen molar-refractivity contribution < 1.29 is 17.9 Å². The Morgan fingerprint density at radius 3 is 2.76 bits per heavy atom. The van der Waals surface area contributed by atoms with Gasteiger partial charge < -0.3 is 10.4 Å². The van der Waals surface area contributed by atoms with Crippen LogP contribution in [0.1, 0.15) is 12.0 Å². The summed E-state index contributed by atoms with van der Waals surface area (Å²) < 4.78 is 34.2. The van der Waals surface area contributed by atoms with E-state index in [0.29, 0.717) is 18.5 Å². The second kappa shape index (κ2) is 5.95. The van der Waals surface area contributed by atoms with E-state index in [4.69, 9.17) is 5.14 Å². The van der Waals surface area contributed by atoms with Crippen LogP contribution in [0.2, 0.25) is 0 Å². The Bertz CT molecular complexity index is 476. The molecule has 1 aromatic carbocycles. The maximum atomic E-state index is 12.9. The van der Waals surface area contributed by atoms with E-state index >= 15 is 0 Å². The van der Waals surface area contributed by atoms with Crippen LogP contribution < -0.4 is 10.5 Å². The molecule has 0 saturated carbocycles. The topological polar surface area (TPSA) is 92.4 Å². The van der Waals surface area contributed by atoms with Crippen LogP contribution in [0.15, 0.2) is 18.2 Å². The van der Waals surface area contributed by atoms with E-state index < -0.39 is 15.8 Å². The standard InChI is InChI=1S/C10H15FN2O3S/c11-9-4-1-3-8(10(9)14)7-13-5-2-6-17(12,15)16/h1,3-4,13-14H,2,5-7H2,(H2,12,15,16). The zero-order chi connectivity index (χ0) is 12.9. The average Bonchev–Trinajstić information content (AvgIpc) is 2.22. The molecule has 0 amide bonds. The Kier molecular flexibility index (Phi) is 4.86. The van der Waals surface area contributed by atoms with Crippen molar-refractivity contribution in [1.29, 1.82) is 0 Å². The van der Waals surface area contributed by atoms with E-state index in [2.05, 4.69) is 5.32 Å². The van der Waals surface area contributed by atoms with Crippen LogP contribution in [0.5, 0.6) is 5.75 Å². The van der Waals surface area contributed by atoms with Crippen LogP contribution in [0.4, 0.5) is 4.39 Å². The summed E-state index contributed by atoms with van der Waals surface area (Å²) in [6.45, 7) is 0.695. The normalized spacial score (nSPS) is 11.6. The van der Waals surface area contributed by atoms with Crippen LogP contribution in [0, 0.1) is 5.82 Å². The van der Waals surface area contributed by atoms with E-state index in [1.54, 1.807) is 6.07 Å². The van der Waals surface area contributed by atoms with Crippen molar-refractivity contribution in [2.75, 3.05) is 12.3 Å². The first-order valence-corrected chi connectivity index (χ1v) is 6.79. The molecule has 17 heavy (non-hydrogen) atoms. The maximum Gasteiger partial charge on any atom is 0.209 e. The van der Waals surface area contributed by atoms with Crippen molar-refractivity contribution in [2.24, 2.45) is 5.14 Å². The molecule has 5 nitrogen and oxygen atoms in total. The van der Waals surface area contributed by atoms with Gasteiger partial charge in [-0.1, -0.05) is 12.1 Å². The fourth-order valence-corrected chi connectivity index (χ4v) is 1.87. The molecule has 0 fully saturated rings. The van der Waals surface area contributed by atoms with Crippen molar-refractivity contribution in [3.05, 3.63) is 29.6 Å².